The van der Waals surface area contributed by atoms with Gasteiger partial charge in [-0.05, 0) is 20.8 Å². The van der Waals surface area contributed by atoms with Crippen LogP contribution in [-0.2, 0) is 9.59 Å². The van der Waals surface area contributed by atoms with E-state index in [2.05, 4.69) is 0 Å². The molecule has 0 spiro atoms. The van der Waals surface area contributed by atoms with Crippen LogP contribution in [0.1, 0.15) is 27.2 Å². The minimum atomic E-state index is -0.252. The Morgan fingerprint density at radius 1 is 1.04 bits per heavy atom. The molecular weight excluding hydrogens is 296 g/mol. The first-order valence-corrected chi connectivity index (χ1v) is 8.16. The number of carbonyl (C=O) groups excluding carboxylic acids is 3. The van der Waals surface area contributed by atoms with Crippen LogP contribution in [0.5, 0.6) is 0 Å². The van der Waals surface area contributed by atoms with Gasteiger partial charge in [0.05, 0.1) is 5.92 Å². The summed E-state index contributed by atoms with van der Waals surface area (Å²) in [5, 5.41) is 0. The van der Waals surface area contributed by atoms with Gasteiger partial charge in [-0.15, -0.1) is 0 Å². The molecule has 0 aromatic heterocycles. The Bertz CT molecular complexity index is 490. The zero-order valence-corrected chi connectivity index (χ0v) is 14.8. The molecule has 2 heterocycles. The summed E-state index contributed by atoms with van der Waals surface area (Å²) in [6.07, 6.45) is 0.299. The molecule has 7 nitrogen and oxygen atoms in total. The summed E-state index contributed by atoms with van der Waals surface area (Å²) in [7, 11) is 3.45. The number of amides is 4. The Hall–Kier alpha value is -1.79. The van der Waals surface area contributed by atoms with Gasteiger partial charge in [-0.1, -0.05) is 0 Å². The molecule has 1 unspecified atom stereocenters. The average molecular weight is 324 g/mol. The monoisotopic (exact) mass is 324 g/mol. The van der Waals surface area contributed by atoms with Gasteiger partial charge >= 0.3 is 6.03 Å². The third-order valence-corrected chi connectivity index (χ3v) is 4.53. The van der Waals surface area contributed by atoms with Gasteiger partial charge in [-0.25, -0.2) is 4.79 Å². The van der Waals surface area contributed by atoms with Crippen molar-refractivity contribution in [1.29, 1.82) is 0 Å². The molecule has 2 aliphatic heterocycles. The van der Waals surface area contributed by atoms with Crippen LogP contribution in [-0.4, -0.2) is 89.8 Å². The molecule has 0 aromatic carbocycles. The predicted octanol–water partition coefficient (Wildman–Crippen LogP) is 0.459. The molecule has 2 rings (SSSR count). The molecule has 0 aliphatic carbocycles. The van der Waals surface area contributed by atoms with Crippen LogP contribution in [0.3, 0.4) is 0 Å². The number of likely N-dealkylation sites (tertiary alicyclic amines) is 1. The van der Waals surface area contributed by atoms with Crippen molar-refractivity contribution in [2.45, 2.75) is 32.7 Å². The second-order valence-electron chi connectivity index (χ2n) is 7.57. The number of nitrogens with zero attached hydrogens (tertiary/aromatic N) is 4. The normalized spacial score (nSPS) is 22.6. The Morgan fingerprint density at radius 3 is 2.00 bits per heavy atom. The molecule has 0 N–H and O–H groups in total. The molecule has 4 amide bonds. The number of hydrogen-bond donors (Lipinski definition) is 0. The van der Waals surface area contributed by atoms with E-state index in [1.807, 2.05) is 20.8 Å². The van der Waals surface area contributed by atoms with Crippen molar-refractivity contribution in [3.05, 3.63) is 0 Å². The fourth-order valence-electron chi connectivity index (χ4n) is 3.18. The van der Waals surface area contributed by atoms with E-state index in [-0.39, 0.29) is 29.3 Å². The average Bonchev–Trinajstić information content (AvgIpc) is 2.88. The Balaban J connectivity index is 1.91. The van der Waals surface area contributed by atoms with Gasteiger partial charge in [-0.2, -0.15) is 0 Å². The van der Waals surface area contributed by atoms with Gasteiger partial charge in [-0.3, -0.25) is 9.59 Å². The zero-order chi connectivity index (χ0) is 17.4. The van der Waals surface area contributed by atoms with Crippen LogP contribution in [0.2, 0.25) is 0 Å². The van der Waals surface area contributed by atoms with E-state index in [0.717, 1.165) is 0 Å². The molecule has 2 saturated heterocycles. The summed E-state index contributed by atoms with van der Waals surface area (Å²) in [5.74, 6) is -0.155. The minimum absolute atomic E-state index is 0.0212. The van der Waals surface area contributed by atoms with Gasteiger partial charge in [0.1, 0.15) is 0 Å². The molecule has 0 aromatic rings. The molecule has 0 saturated carbocycles. The number of hydrogen-bond acceptors (Lipinski definition) is 3. The van der Waals surface area contributed by atoms with Gasteiger partial charge in [0.2, 0.25) is 11.8 Å². The van der Waals surface area contributed by atoms with Crippen LogP contribution in [0.4, 0.5) is 4.79 Å². The topological polar surface area (TPSA) is 64.2 Å². The number of carbonyl (C=O) groups is 3. The maximum atomic E-state index is 12.7. The summed E-state index contributed by atoms with van der Waals surface area (Å²) >= 11 is 0. The molecule has 2 aliphatic rings. The van der Waals surface area contributed by atoms with Gasteiger partial charge < -0.3 is 19.6 Å². The second-order valence-corrected chi connectivity index (χ2v) is 7.57. The van der Waals surface area contributed by atoms with Crippen molar-refractivity contribution in [3.8, 4) is 0 Å². The summed E-state index contributed by atoms with van der Waals surface area (Å²) in [6, 6.07) is -0.0212. The zero-order valence-electron chi connectivity index (χ0n) is 14.8. The second kappa shape index (κ2) is 6.37. The van der Waals surface area contributed by atoms with Crippen molar-refractivity contribution in [2.75, 3.05) is 46.8 Å². The largest absolute Gasteiger partial charge is 0.339 e. The van der Waals surface area contributed by atoms with Crippen LogP contribution >= 0.6 is 0 Å². The van der Waals surface area contributed by atoms with E-state index in [0.29, 0.717) is 39.1 Å². The first kappa shape index (κ1) is 17.6. The highest BCUT2D eigenvalue weighted by atomic mass is 16.2. The third kappa shape index (κ3) is 3.76. The quantitative estimate of drug-likeness (QED) is 0.704. The molecule has 0 bridgehead atoms. The van der Waals surface area contributed by atoms with Crippen molar-refractivity contribution >= 4 is 17.8 Å². The van der Waals surface area contributed by atoms with Crippen LogP contribution in [0, 0.1) is 5.92 Å². The first-order chi connectivity index (χ1) is 10.6. The summed E-state index contributed by atoms with van der Waals surface area (Å²) in [6.45, 7) is 8.64. The highest BCUT2D eigenvalue weighted by Crippen LogP contribution is 2.27. The number of rotatable bonds is 1. The number of piperazine rings is 1. The molecule has 1 atom stereocenters. The Morgan fingerprint density at radius 2 is 1.57 bits per heavy atom. The van der Waals surface area contributed by atoms with Crippen molar-refractivity contribution < 1.29 is 14.4 Å². The summed E-state index contributed by atoms with van der Waals surface area (Å²) in [5.41, 5.74) is -0.247. The number of urea groups is 1. The maximum Gasteiger partial charge on any atom is 0.319 e. The lowest BCUT2D eigenvalue weighted by atomic mass is 10.1. The standard InChI is InChI=1S/C16H28N4O3/c1-16(2,3)20-11-12(10-13(20)21)14(22)18-6-8-19(9-7-18)15(23)17(4)5/h12H,6-11H2,1-5H3. The molecular formula is C16H28N4O3. The van der Waals surface area contributed by atoms with Gasteiger partial charge in [0.25, 0.3) is 0 Å². The van der Waals surface area contributed by atoms with Crippen molar-refractivity contribution in [1.82, 2.24) is 19.6 Å². The smallest absolute Gasteiger partial charge is 0.319 e. The highest BCUT2D eigenvalue weighted by molar-refractivity contribution is 5.89. The predicted molar refractivity (Wildman–Crippen MR) is 86.8 cm³/mol. The van der Waals surface area contributed by atoms with E-state index in [9.17, 15) is 14.4 Å². The summed E-state index contributed by atoms with van der Waals surface area (Å²) < 4.78 is 0. The van der Waals surface area contributed by atoms with E-state index >= 15 is 0 Å². The molecule has 130 valence electrons. The summed E-state index contributed by atoms with van der Waals surface area (Å²) in [4.78, 5) is 43.6. The maximum absolute atomic E-state index is 12.7. The van der Waals surface area contributed by atoms with Gasteiger partial charge in [0.15, 0.2) is 0 Å². The van der Waals surface area contributed by atoms with Crippen molar-refractivity contribution in [3.63, 3.8) is 0 Å². The Kier molecular flexibility index (Phi) is 4.87. The van der Waals surface area contributed by atoms with E-state index < -0.39 is 0 Å². The first-order valence-electron chi connectivity index (χ1n) is 8.16. The van der Waals surface area contributed by atoms with Crippen LogP contribution in [0.15, 0.2) is 0 Å². The SMILES string of the molecule is CN(C)C(=O)N1CCN(C(=O)C2CC(=O)N(C(C)(C)C)C2)CC1. The lowest BCUT2D eigenvalue weighted by molar-refractivity contribution is -0.137. The van der Waals surface area contributed by atoms with E-state index in [4.69, 9.17) is 0 Å². The lowest BCUT2D eigenvalue weighted by Gasteiger charge is -2.37. The van der Waals surface area contributed by atoms with E-state index in [1.54, 1.807) is 33.7 Å². The lowest BCUT2D eigenvalue weighted by Crippen LogP contribution is -2.54. The van der Waals surface area contributed by atoms with Crippen LogP contribution in [0.25, 0.3) is 0 Å². The minimum Gasteiger partial charge on any atom is -0.339 e. The van der Waals surface area contributed by atoms with Crippen LogP contribution < -0.4 is 0 Å². The third-order valence-electron chi connectivity index (χ3n) is 4.53. The van der Waals surface area contributed by atoms with Crippen molar-refractivity contribution in [2.24, 2.45) is 5.92 Å². The Labute approximate surface area is 138 Å². The fraction of sp³-hybridized carbons (Fsp3) is 0.812. The van der Waals surface area contributed by atoms with E-state index in [1.165, 1.54) is 0 Å². The highest BCUT2D eigenvalue weighted by Gasteiger charge is 2.41. The van der Waals surface area contributed by atoms with Gasteiger partial charge in [0, 0.05) is 58.8 Å². The molecule has 0 radical (unpaired) electrons. The fourth-order valence-corrected chi connectivity index (χ4v) is 3.18. The molecule has 23 heavy (non-hydrogen) atoms. The molecule has 7 heteroatoms. The molecule has 2 fully saturated rings.